The maximum absolute atomic E-state index is 13.1. The third-order valence-corrected chi connectivity index (χ3v) is 4.95. The van der Waals surface area contributed by atoms with E-state index < -0.39 is 11.6 Å². The fraction of sp³-hybridized carbons (Fsp3) is 0.0833. The average molecular weight is 338 g/mol. The summed E-state index contributed by atoms with van der Waals surface area (Å²) in [5.41, 5.74) is 4.61. The van der Waals surface area contributed by atoms with E-state index in [1.54, 1.807) is 0 Å². The molecule has 0 unspecified atom stereocenters. The predicted octanol–water partition coefficient (Wildman–Crippen LogP) is 2.85. The van der Waals surface area contributed by atoms with Crippen LogP contribution in [-0.4, -0.2) is 11.6 Å². The highest BCUT2D eigenvalue weighted by molar-refractivity contribution is 6.65. The molecule has 0 fully saturated rings. The lowest BCUT2D eigenvalue weighted by molar-refractivity contribution is -0.129. The SMILES string of the molecule is Cc1ccccc1C1=c2ccccc2=C(c2ccccc2C)C(=O)C1=O. The molecule has 0 bridgehead atoms. The molecule has 1 aliphatic rings. The van der Waals surface area contributed by atoms with Crippen LogP contribution in [0, 0.1) is 13.8 Å². The minimum Gasteiger partial charge on any atom is -0.285 e. The van der Waals surface area contributed by atoms with E-state index in [-0.39, 0.29) is 0 Å². The van der Waals surface area contributed by atoms with Crippen LogP contribution in [0.5, 0.6) is 0 Å². The molecule has 0 aromatic heterocycles. The minimum atomic E-state index is -0.434. The second kappa shape index (κ2) is 6.23. The quantitative estimate of drug-likeness (QED) is 0.674. The van der Waals surface area contributed by atoms with E-state index in [1.165, 1.54) is 0 Å². The molecule has 2 heteroatoms. The van der Waals surface area contributed by atoms with Gasteiger partial charge in [-0.1, -0.05) is 72.8 Å². The highest BCUT2D eigenvalue weighted by atomic mass is 16.2. The number of benzene rings is 3. The highest BCUT2D eigenvalue weighted by Gasteiger charge is 2.30. The van der Waals surface area contributed by atoms with Crippen molar-refractivity contribution in [1.82, 2.24) is 0 Å². The summed E-state index contributed by atoms with van der Waals surface area (Å²) in [5, 5.41) is 1.65. The first-order valence-corrected chi connectivity index (χ1v) is 8.64. The number of rotatable bonds is 2. The van der Waals surface area contributed by atoms with Gasteiger partial charge < -0.3 is 0 Å². The van der Waals surface area contributed by atoms with Crippen molar-refractivity contribution in [3.63, 3.8) is 0 Å². The van der Waals surface area contributed by atoms with Gasteiger partial charge in [0.05, 0.1) is 0 Å². The van der Waals surface area contributed by atoms with Gasteiger partial charge in [-0.05, 0) is 46.5 Å². The summed E-state index contributed by atoms with van der Waals surface area (Å²) in [6, 6.07) is 23.1. The van der Waals surface area contributed by atoms with Gasteiger partial charge in [0.1, 0.15) is 0 Å². The van der Waals surface area contributed by atoms with Crippen molar-refractivity contribution in [2.24, 2.45) is 0 Å². The van der Waals surface area contributed by atoms with Crippen LogP contribution < -0.4 is 10.4 Å². The van der Waals surface area contributed by atoms with Crippen molar-refractivity contribution in [3.8, 4) is 0 Å². The van der Waals surface area contributed by atoms with Gasteiger partial charge in [-0.15, -0.1) is 0 Å². The lowest BCUT2D eigenvalue weighted by atomic mass is 9.83. The molecular weight excluding hydrogens is 320 g/mol. The molecule has 3 aromatic rings. The van der Waals surface area contributed by atoms with Crippen molar-refractivity contribution in [1.29, 1.82) is 0 Å². The maximum Gasteiger partial charge on any atom is 0.234 e. The summed E-state index contributed by atoms with van der Waals surface area (Å²) < 4.78 is 0. The fourth-order valence-corrected chi connectivity index (χ4v) is 3.63. The molecule has 126 valence electrons. The molecule has 2 nitrogen and oxygen atoms in total. The summed E-state index contributed by atoms with van der Waals surface area (Å²) in [6.07, 6.45) is 0. The van der Waals surface area contributed by atoms with Crippen LogP contribution in [-0.2, 0) is 9.59 Å². The molecule has 0 radical (unpaired) electrons. The molecule has 4 rings (SSSR count). The predicted molar refractivity (Wildman–Crippen MR) is 103 cm³/mol. The largest absolute Gasteiger partial charge is 0.285 e. The van der Waals surface area contributed by atoms with E-state index in [9.17, 15) is 9.59 Å². The average Bonchev–Trinajstić information content (AvgIpc) is 2.65. The van der Waals surface area contributed by atoms with Crippen molar-refractivity contribution >= 4 is 22.7 Å². The summed E-state index contributed by atoms with van der Waals surface area (Å²) in [4.78, 5) is 26.3. The monoisotopic (exact) mass is 338 g/mol. The zero-order chi connectivity index (χ0) is 18.3. The molecule has 0 atom stereocenters. The second-order valence-electron chi connectivity index (χ2n) is 6.58. The Bertz CT molecular complexity index is 1090. The van der Waals surface area contributed by atoms with Crippen LogP contribution in [0.25, 0.3) is 11.1 Å². The number of Topliss-reactive ketones (excluding diaryl/α,β-unsaturated/α-hetero) is 2. The molecule has 0 amide bonds. The van der Waals surface area contributed by atoms with Crippen molar-refractivity contribution < 1.29 is 9.59 Å². The summed E-state index contributed by atoms with van der Waals surface area (Å²) in [6.45, 7) is 3.92. The minimum absolute atomic E-state index is 0.434. The smallest absolute Gasteiger partial charge is 0.234 e. The molecule has 0 aliphatic heterocycles. The Morgan fingerprint density at radius 3 is 1.23 bits per heavy atom. The van der Waals surface area contributed by atoms with Crippen LogP contribution in [0.3, 0.4) is 0 Å². The van der Waals surface area contributed by atoms with E-state index >= 15 is 0 Å². The van der Waals surface area contributed by atoms with Gasteiger partial charge in [0.2, 0.25) is 11.6 Å². The molecule has 0 saturated heterocycles. The van der Waals surface area contributed by atoms with Gasteiger partial charge in [0.15, 0.2) is 0 Å². The number of ketones is 2. The van der Waals surface area contributed by atoms with E-state index in [2.05, 4.69) is 0 Å². The highest BCUT2D eigenvalue weighted by Crippen LogP contribution is 2.24. The van der Waals surface area contributed by atoms with Gasteiger partial charge >= 0.3 is 0 Å². The van der Waals surface area contributed by atoms with E-state index in [0.717, 1.165) is 32.7 Å². The Morgan fingerprint density at radius 1 is 0.500 bits per heavy atom. The second-order valence-corrected chi connectivity index (χ2v) is 6.58. The fourth-order valence-electron chi connectivity index (χ4n) is 3.63. The van der Waals surface area contributed by atoms with Crippen LogP contribution in [0.15, 0.2) is 72.8 Å². The normalized spacial score (nSPS) is 13.8. The molecule has 0 heterocycles. The Kier molecular flexibility index (Phi) is 3.89. The first kappa shape index (κ1) is 16.2. The van der Waals surface area contributed by atoms with Gasteiger partial charge in [0, 0.05) is 11.1 Å². The third kappa shape index (κ3) is 2.42. The lowest BCUT2D eigenvalue weighted by Gasteiger charge is -2.18. The summed E-state index contributed by atoms with van der Waals surface area (Å²) >= 11 is 0. The number of hydrogen-bond donors (Lipinski definition) is 0. The lowest BCUT2D eigenvalue weighted by Crippen LogP contribution is -2.41. The number of carbonyl (C=O) groups is 2. The van der Waals surface area contributed by atoms with E-state index in [1.807, 2.05) is 86.6 Å². The van der Waals surface area contributed by atoms with Crippen LogP contribution in [0.1, 0.15) is 22.3 Å². The first-order valence-electron chi connectivity index (χ1n) is 8.64. The maximum atomic E-state index is 13.1. The van der Waals surface area contributed by atoms with Crippen molar-refractivity contribution in [2.75, 3.05) is 0 Å². The number of carbonyl (C=O) groups excluding carboxylic acids is 2. The standard InChI is InChI=1S/C24H18O2/c1-15-9-3-5-11-17(15)21-19-13-7-8-14-20(19)22(24(26)23(21)25)18-12-6-4-10-16(18)2/h3-14H,1-2H3. The van der Waals surface area contributed by atoms with Gasteiger partial charge in [-0.2, -0.15) is 0 Å². The molecule has 3 aromatic carbocycles. The molecule has 1 aliphatic carbocycles. The first-order chi connectivity index (χ1) is 12.6. The molecular formula is C24H18O2. The number of hydrogen-bond acceptors (Lipinski definition) is 2. The zero-order valence-electron chi connectivity index (χ0n) is 14.7. The van der Waals surface area contributed by atoms with Gasteiger partial charge in [-0.3, -0.25) is 9.59 Å². The van der Waals surface area contributed by atoms with Crippen LogP contribution in [0.4, 0.5) is 0 Å². The van der Waals surface area contributed by atoms with Crippen molar-refractivity contribution in [2.45, 2.75) is 13.8 Å². The Morgan fingerprint density at radius 2 is 0.846 bits per heavy atom. The Labute approximate surface area is 152 Å². The molecule has 26 heavy (non-hydrogen) atoms. The van der Waals surface area contributed by atoms with E-state index in [4.69, 9.17) is 0 Å². The molecule has 0 saturated carbocycles. The van der Waals surface area contributed by atoms with Gasteiger partial charge in [0.25, 0.3) is 0 Å². The Balaban J connectivity index is 2.21. The summed E-state index contributed by atoms with van der Waals surface area (Å²) in [7, 11) is 0. The topological polar surface area (TPSA) is 34.1 Å². The van der Waals surface area contributed by atoms with Crippen LogP contribution in [0.2, 0.25) is 0 Å². The summed E-state index contributed by atoms with van der Waals surface area (Å²) in [5.74, 6) is -0.868. The molecule has 0 spiro atoms. The molecule has 0 N–H and O–H groups in total. The van der Waals surface area contributed by atoms with E-state index in [0.29, 0.717) is 11.1 Å². The Hall–Kier alpha value is -3.26. The van der Waals surface area contributed by atoms with Gasteiger partial charge in [-0.25, -0.2) is 0 Å². The number of fused-ring (bicyclic) bond motifs is 1. The van der Waals surface area contributed by atoms with Crippen LogP contribution >= 0.6 is 0 Å². The third-order valence-electron chi connectivity index (χ3n) is 4.95. The zero-order valence-corrected chi connectivity index (χ0v) is 14.7. The number of aryl methyl sites for hydroxylation is 2. The van der Waals surface area contributed by atoms with Crippen molar-refractivity contribution in [3.05, 3.63) is 105 Å².